The average Bonchev–Trinajstić information content (AvgIpc) is 2.29. The van der Waals surface area contributed by atoms with E-state index in [4.69, 9.17) is 4.74 Å². The van der Waals surface area contributed by atoms with Gasteiger partial charge < -0.3 is 9.72 Å². The molecule has 0 spiro atoms. The van der Waals surface area contributed by atoms with E-state index in [2.05, 4.69) is 9.97 Å². The Morgan fingerprint density at radius 2 is 1.88 bits per heavy atom. The van der Waals surface area contributed by atoms with Crippen LogP contribution in [0.2, 0.25) is 0 Å². The molecule has 0 amide bonds. The molecule has 16 heavy (non-hydrogen) atoms. The Kier molecular flexibility index (Phi) is 2.59. The van der Waals surface area contributed by atoms with Gasteiger partial charge >= 0.3 is 5.69 Å². The molecule has 0 saturated heterocycles. The second kappa shape index (κ2) is 4.06. The zero-order valence-corrected chi connectivity index (χ0v) is 8.61. The maximum absolute atomic E-state index is 11.6. The lowest BCUT2D eigenvalue weighted by Crippen LogP contribution is -2.22. The normalized spacial score (nSPS) is 10.1. The van der Waals surface area contributed by atoms with Crippen LogP contribution in [0.5, 0.6) is 5.75 Å². The molecule has 0 fully saturated rings. The van der Waals surface area contributed by atoms with Gasteiger partial charge in [-0.25, -0.2) is 4.79 Å². The molecule has 0 aliphatic rings. The molecule has 0 bridgehead atoms. The van der Waals surface area contributed by atoms with E-state index in [1.165, 1.54) is 13.3 Å². The fourth-order valence-corrected chi connectivity index (χ4v) is 1.48. The smallest absolute Gasteiger partial charge is 0.325 e. The summed E-state index contributed by atoms with van der Waals surface area (Å²) in [4.78, 5) is 27.1. The highest BCUT2D eigenvalue weighted by molar-refractivity contribution is 5.68. The number of methoxy groups -OCH3 is 1. The topological polar surface area (TPSA) is 75.0 Å². The zero-order chi connectivity index (χ0) is 11.5. The Bertz CT molecular complexity index is 613. The molecule has 1 aromatic carbocycles. The third-order valence-corrected chi connectivity index (χ3v) is 2.22. The molecular weight excluding hydrogens is 208 g/mol. The number of hydrogen-bond donors (Lipinski definition) is 2. The zero-order valence-electron chi connectivity index (χ0n) is 8.61. The third kappa shape index (κ3) is 1.75. The van der Waals surface area contributed by atoms with Gasteiger partial charge in [-0.05, 0) is 6.07 Å². The van der Waals surface area contributed by atoms with Crippen LogP contribution in [0.25, 0.3) is 11.1 Å². The van der Waals surface area contributed by atoms with E-state index >= 15 is 0 Å². The van der Waals surface area contributed by atoms with Crippen LogP contribution in [0.3, 0.4) is 0 Å². The van der Waals surface area contributed by atoms with Crippen molar-refractivity contribution in [1.29, 1.82) is 0 Å². The SMILES string of the molecule is COc1ccccc1-c1c[nH]c(=O)[nH]c1=O. The average molecular weight is 218 g/mol. The van der Waals surface area contributed by atoms with Crippen LogP contribution in [-0.2, 0) is 0 Å². The van der Waals surface area contributed by atoms with Gasteiger partial charge in [-0.15, -0.1) is 0 Å². The number of hydrogen-bond acceptors (Lipinski definition) is 3. The van der Waals surface area contributed by atoms with Gasteiger partial charge in [-0.3, -0.25) is 9.78 Å². The molecule has 0 aliphatic heterocycles. The van der Waals surface area contributed by atoms with Crippen LogP contribution >= 0.6 is 0 Å². The Morgan fingerprint density at radius 1 is 1.12 bits per heavy atom. The summed E-state index contributed by atoms with van der Waals surface area (Å²) in [6.07, 6.45) is 1.37. The van der Waals surface area contributed by atoms with Crippen LogP contribution in [0.4, 0.5) is 0 Å². The van der Waals surface area contributed by atoms with Gasteiger partial charge in [-0.1, -0.05) is 18.2 Å². The van der Waals surface area contributed by atoms with E-state index in [1.54, 1.807) is 18.2 Å². The first kappa shape index (κ1) is 10.2. The summed E-state index contributed by atoms with van der Waals surface area (Å²) in [5.41, 5.74) is 0.0523. The standard InChI is InChI=1S/C11H10N2O3/c1-16-9-5-3-2-4-7(9)8-6-12-11(15)13-10(8)14/h2-6H,1H3,(H2,12,13,14,15). The molecule has 0 unspecified atom stereocenters. The minimum Gasteiger partial charge on any atom is -0.496 e. The number of para-hydroxylation sites is 1. The predicted molar refractivity (Wildman–Crippen MR) is 59.7 cm³/mol. The number of rotatable bonds is 2. The van der Waals surface area contributed by atoms with Gasteiger partial charge in [0.25, 0.3) is 5.56 Å². The Labute approximate surface area is 90.7 Å². The van der Waals surface area contributed by atoms with Gasteiger partial charge in [-0.2, -0.15) is 0 Å². The molecule has 0 saturated carbocycles. The second-order valence-electron chi connectivity index (χ2n) is 3.19. The maximum Gasteiger partial charge on any atom is 0.325 e. The number of benzene rings is 1. The molecule has 2 aromatic rings. The highest BCUT2D eigenvalue weighted by Gasteiger charge is 2.08. The molecule has 0 atom stereocenters. The summed E-state index contributed by atoms with van der Waals surface area (Å²) in [5, 5.41) is 0. The summed E-state index contributed by atoms with van der Waals surface area (Å²) in [6, 6.07) is 7.10. The van der Waals surface area contributed by atoms with Crippen LogP contribution in [0, 0.1) is 0 Å². The predicted octanol–water partition coefficient (Wildman–Crippen LogP) is 0.739. The van der Waals surface area contributed by atoms with Crippen molar-refractivity contribution < 1.29 is 4.74 Å². The van der Waals surface area contributed by atoms with E-state index < -0.39 is 11.2 Å². The summed E-state index contributed by atoms with van der Waals surface area (Å²) in [5.74, 6) is 0.583. The fourth-order valence-electron chi connectivity index (χ4n) is 1.48. The first-order valence-electron chi connectivity index (χ1n) is 4.68. The summed E-state index contributed by atoms with van der Waals surface area (Å²) in [7, 11) is 1.53. The number of ether oxygens (including phenoxy) is 1. The Balaban J connectivity index is 2.68. The van der Waals surface area contributed by atoms with Gasteiger partial charge in [0.15, 0.2) is 0 Å². The van der Waals surface area contributed by atoms with Crippen molar-refractivity contribution in [2.45, 2.75) is 0 Å². The maximum atomic E-state index is 11.6. The van der Waals surface area contributed by atoms with Crippen molar-refractivity contribution in [2.75, 3.05) is 7.11 Å². The van der Waals surface area contributed by atoms with Crippen molar-refractivity contribution in [2.24, 2.45) is 0 Å². The minimum absolute atomic E-state index is 0.372. The molecule has 5 nitrogen and oxygen atoms in total. The molecular formula is C11H10N2O3. The summed E-state index contributed by atoms with van der Waals surface area (Å²) in [6.45, 7) is 0. The third-order valence-electron chi connectivity index (χ3n) is 2.22. The first-order chi connectivity index (χ1) is 7.72. The molecule has 2 rings (SSSR count). The second-order valence-corrected chi connectivity index (χ2v) is 3.19. The van der Waals surface area contributed by atoms with Gasteiger partial charge in [0.1, 0.15) is 5.75 Å². The minimum atomic E-state index is -0.524. The lowest BCUT2D eigenvalue weighted by atomic mass is 10.1. The summed E-state index contributed by atoms with van der Waals surface area (Å²) >= 11 is 0. The van der Waals surface area contributed by atoms with Crippen LogP contribution in [0.1, 0.15) is 0 Å². The molecule has 5 heteroatoms. The lowest BCUT2D eigenvalue weighted by molar-refractivity contribution is 0.416. The number of nitrogens with one attached hydrogen (secondary N) is 2. The molecule has 1 aromatic heterocycles. The van der Waals surface area contributed by atoms with Crippen LogP contribution < -0.4 is 16.0 Å². The fraction of sp³-hybridized carbons (Fsp3) is 0.0909. The highest BCUT2D eigenvalue weighted by atomic mass is 16.5. The molecule has 2 N–H and O–H groups in total. The number of H-pyrrole nitrogens is 2. The molecule has 0 radical (unpaired) electrons. The number of aromatic nitrogens is 2. The van der Waals surface area contributed by atoms with E-state index in [1.807, 2.05) is 6.07 Å². The van der Waals surface area contributed by atoms with Crippen molar-refractivity contribution in [1.82, 2.24) is 9.97 Å². The van der Waals surface area contributed by atoms with E-state index in [9.17, 15) is 9.59 Å². The number of aromatic amines is 2. The molecule has 1 heterocycles. The van der Waals surface area contributed by atoms with Crippen molar-refractivity contribution in [3.63, 3.8) is 0 Å². The van der Waals surface area contributed by atoms with E-state index in [-0.39, 0.29) is 0 Å². The molecule has 0 aliphatic carbocycles. The summed E-state index contributed by atoms with van der Waals surface area (Å²) < 4.78 is 5.14. The Morgan fingerprint density at radius 3 is 2.56 bits per heavy atom. The van der Waals surface area contributed by atoms with Gasteiger partial charge in [0, 0.05) is 11.8 Å². The van der Waals surface area contributed by atoms with Crippen molar-refractivity contribution in [3.05, 3.63) is 51.3 Å². The first-order valence-corrected chi connectivity index (χ1v) is 4.68. The quantitative estimate of drug-likeness (QED) is 0.780. The Hall–Kier alpha value is -2.30. The van der Waals surface area contributed by atoms with Crippen LogP contribution in [0.15, 0.2) is 40.1 Å². The van der Waals surface area contributed by atoms with Gasteiger partial charge in [0.05, 0.1) is 12.7 Å². The van der Waals surface area contributed by atoms with Crippen LogP contribution in [-0.4, -0.2) is 17.1 Å². The highest BCUT2D eigenvalue weighted by Crippen LogP contribution is 2.25. The largest absolute Gasteiger partial charge is 0.496 e. The van der Waals surface area contributed by atoms with E-state index in [0.717, 1.165) is 0 Å². The van der Waals surface area contributed by atoms with Crippen molar-refractivity contribution in [3.8, 4) is 16.9 Å². The lowest BCUT2D eigenvalue weighted by Gasteiger charge is -2.06. The monoisotopic (exact) mass is 218 g/mol. The van der Waals surface area contributed by atoms with Crippen molar-refractivity contribution >= 4 is 0 Å². The van der Waals surface area contributed by atoms with Gasteiger partial charge in [0.2, 0.25) is 0 Å². The molecule has 82 valence electrons. The van der Waals surface area contributed by atoms with E-state index in [0.29, 0.717) is 16.9 Å².